The standard InChI is InChI=1S/C24H21NO6/c1-28-15-11-12-21(29-2)18(13-15)25-22(26)14-30-24(27)23-16-7-3-5-9-19(16)31-20-10-6-4-8-17(20)23/h3-13,23H,14H2,1-2H3,(H,25,26). The van der Waals surface area contributed by atoms with Crippen molar-refractivity contribution in [2.75, 3.05) is 26.1 Å². The van der Waals surface area contributed by atoms with Gasteiger partial charge < -0.3 is 24.3 Å². The molecule has 7 nitrogen and oxygen atoms in total. The zero-order valence-corrected chi connectivity index (χ0v) is 17.1. The fourth-order valence-electron chi connectivity index (χ4n) is 3.48. The maximum atomic E-state index is 13.0. The first-order valence-corrected chi connectivity index (χ1v) is 9.65. The highest BCUT2D eigenvalue weighted by molar-refractivity contribution is 5.95. The molecule has 3 aromatic rings. The van der Waals surface area contributed by atoms with Gasteiger partial charge in [-0.1, -0.05) is 36.4 Å². The van der Waals surface area contributed by atoms with Crippen molar-refractivity contribution in [2.45, 2.75) is 5.92 Å². The Bertz CT molecular complexity index is 1080. The summed E-state index contributed by atoms with van der Waals surface area (Å²) in [6.45, 7) is -0.444. The van der Waals surface area contributed by atoms with E-state index in [1.54, 1.807) is 30.3 Å². The molecule has 1 heterocycles. The predicted octanol–water partition coefficient (Wildman–Crippen LogP) is 4.12. The lowest BCUT2D eigenvalue weighted by Crippen LogP contribution is -2.26. The zero-order valence-electron chi connectivity index (χ0n) is 17.1. The van der Waals surface area contributed by atoms with Gasteiger partial charge in [-0.15, -0.1) is 0 Å². The van der Waals surface area contributed by atoms with E-state index in [-0.39, 0.29) is 0 Å². The number of hydrogen-bond acceptors (Lipinski definition) is 6. The third-order valence-electron chi connectivity index (χ3n) is 4.94. The Balaban J connectivity index is 1.49. The van der Waals surface area contributed by atoms with Gasteiger partial charge in [-0.3, -0.25) is 9.59 Å². The number of benzene rings is 3. The Morgan fingerprint density at radius 3 is 2.16 bits per heavy atom. The summed E-state index contributed by atoms with van der Waals surface area (Å²) in [4.78, 5) is 25.5. The van der Waals surface area contributed by atoms with E-state index < -0.39 is 24.4 Å². The minimum absolute atomic E-state index is 0.421. The number of methoxy groups -OCH3 is 2. The van der Waals surface area contributed by atoms with E-state index in [4.69, 9.17) is 18.9 Å². The Labute approximate surface area is 179 Å². The summed E-state index contributed by atoms with van der Waals surface area (Å²) in [5, 5.41) is 2.69. The Hall–Kier alpha value is -4.00. The number of anilines is 1. The second-order valence-electron chi connectivity index (χ2n) is 6.83. The van der Waals surface area contributed by atoms with Crippen molar-refractivity contribution in [2.24, 2.45) is 0 Å². The highest BCUT2D eigenvalue weighted by atomic mass is 16.5. The molecule has 1 aliphatic heterocycles. The third-order valence-corrected chi connectivity index (χ3v) is 4.94. The molecule has 0 aliphatic carbocycles. The van der Waals surface area contributed by atoms with Crippen LogP contribution in [0.25, 0.3) is 0 Å². The summed E-state index contributed by atoms with van der Waals surface area (Å²) >= 11 is 0. The van der Waals surface area contributed by atoms with Crippen LogP contribution in [0.15, 0.2) is 66.7 Å². The van der Waals surface area contributed by atoms with E-state index in [0.717, 1.165) is 0 Å². The molecule has 0 bridgehead atoms. The number of ether oxygens (including phenoxy) is 4. The van der Waals surface area contributed by atoms with Crippen molar-refractivity contribution in [1.29, 1.82) is 0 Å². The van der Waals surface area contributed by atoms with Crippen LogP contribution in [0.3, 0.4) is 0 Å². The van der Waals surface area contributed by atoms with Gasteiger partial charge in [-0.2, -0.15) is 0 Å². The van der Waals surface area contributed by atoms with Crippen LogP contribution in [0.5, 0.6) is 23.0 Å². The van der Waals surface area contributed by atoms with E-state index in [0.29, 0.717) is 39.8 Å². The molecule has 31 heavy (non-hydrogen) atoms. The van der Waals surface area contributed by atoms with Crippen LogP contribution in [0, 0.1) is 0 Å². The Kier molecular flexibility index (Phi) is 5.75. The molecule has 158 valence electrons. The average Bonchev–Trinajstić information content (AvgIpc) is 2.80. The van der Waals surface area contributed by atoms with Crippen LogP contribution < -0.4 is 19.5 Å². The van der Waals surface area contributed by atoms with E-state index in [2.05, 4.69) is 5.32 Å². The number of esters is 1. The maximum absolute atomic E-state index is 13.0. The van der Waals surface area contributed by atoms with Gasteiger partial charge >= 0.3 is 5.97 Å². The molecule has 1 N–H and O–H groups in total. The molecule has 0 saturated carbocycles. The number of amides is 1. The number of nitrogens with one attached hydrogen (secondary N) is 1. The molecule has 0 spiro atoms. The molecule has 0 atom stereocenters. The van der Waals surface area contributed by atoms with Crippen molar-refractivity contribution in [3.63, 3.8) is 0 Å². The molecule has 1 amide bonds. The highest BCUT2D eigenvalue weighted by Crippen LogP contribution is 2.44. The van der Waals surface area contributed by atoms with Crippen LogP contribution in [-0.2, 0) is 14.3 Å². The lowest BCUT2D eigenvalue weighted by atomic mass is 9.88. The Morgan fingerprint density at radius 2 is 1.55 bits per heavy atom. The van der Waals surface area contributed by atoms with Gasteiger partial charge in [0.25, 0.3) is 5.91 Å². The van der Waals surface area contributed by atoms with Gasteiger partial charge in [0.05, 0.1) is 19.9 Å². The summed E-state index contributed by atoms with van der Waals surface area (Å²) in [5.74, 6) is 0.503. The van der Waals surface area contributed by atoms with E-state index in [1.165, 1.54) is 14.2 Å². The third kappa shape index (κ3) is 4.16. The number of hydrogen-bond donors (Lipinski definition) is 1. The largest absolute Gasteiger partial charge is 0.497 e. The van der Waals surface area contributed by atoms with Crippen molar-refractivity contribution in [3.05, 3.63) is 77.9 Å². The summed E-state index contributed by atoms with van der Waals surface area (Å²) in [6, 6.07) is 19.6. The molecule has 0 fully saturated rings. The first kappa shape index (κ1) is 20.3. The monoisotopic (exact) mass is 419 g/mol. The topological polar surface area (TPSA) is 83.1 Å². The summed E-state index contributed by atoms with van der Waals surface area (Å²) in [5.41, 5.74) is 1.81. The van der Waals surface area contributed by atoms with Crippen molar-refractivity contribution < 1.29 is 28.5 Å². The van der Waals surface area contributed by atoms with Crippen LogP contribution in [-0.4, -0.2) is 32.7 Å². The van der Waals surface area contributed by atoms with Gasteiger partial charge in [0.15, 0.2) is 6.61 Å². The maximum Gasteiger partial charge on any atom is 0.318 e. The normalized spacial score (nSPS) is 12.1. The van der Waals surface area contributed by atoms with Crippen molar-refractivity contribution >= 4 is 17.6 Å². The second kappa shape index (κ2) is 8.79. The summed E-state index contributed by atoms with van der Waals surface area (Å²) in [7, 11) is 3.02. The fourth-order valence-corrected chi connectivity index (χ4v) is 3.48. The molecule has 4 rings (SSSR count). The molecule has 1 aliphatic rings. The van der Waals surface area contributed by atoms with E-state index in [9.17, 15) is 9.59 Å². The lowest BCUT2D eigenvalue weighted by Gasteiger charge is -2.26. The summed E-state index contributed by atoms with van der Waals surface area (Å²) < 4.78 is 21.7. The van der Waals surface area contributed by atoms with Gasteiger partial charge in [-0.25, -0.2) is 0 Å². The van der Waals surface area contributed by atoms with Crippen LogP contribution in [0.1, 0.15) is 17.0 Å². The quantitative estimate of drug-likeness (QED) is 0.605. The van der Waals surface area contributed by atoms with Gasteiger partial charge in [0.2, 0.25) is 0 Å². The predicted molar refractivity (Wildman–Crippen MR) is 114 cm³/mol. The van der Waals surface area contributed by atoms with E-state index >= 15 is 0 Å². The lowest BCUT2D eigenvalue weighted by molar-refractivity contribution is -0.148. The first-order valence-electron chi connectivity index (χ1n) is 9.65. The molecule has 7 heteroatoms. The highest BCUT2D eigenvalue weighted by Gasteiger charge is 2.33. The minimum atomic E-state index is -0.680. The number of rotatable bonds is 6. The second-order valence-corrected chi connectivity index (χ2v) is 6.83. The molecular formula is C24H21NO6. The van der Waals surface area contributed by atoms with Crippen molar-refractivity contribution in [3.8, 4) is 23.0 Å². The first-order chi connectivity index (χ1) is 15.1. The van der Waals surface area contributed by atoms with Gasteiger partial charge in [0, 0.05) is 17.2 Å². The SMILES string of the molecule is COc1ccc(OC)c(NC(=O)COC(=O)C2c3ccccc3Oc3ccccc32)c1. The number of carbonyl (C=O) groups is 2. The molecular weight excluding hydrogens is 398 g/mol. The molecule has 0 saturated heterocycles. The fraction of sp³-hybridized carbons (Fsp3) is 0.167. The smallest absolute Gasteiger partial charge is 0.318 e. The number of carbonyl (C=O) groups excluding carboxylic acids is 2. The van der Waals surface area contributed by atoms with Crippen LogP contribution in [0.2, 0.25) is 0 Å². The Morgan fingerprint density at radius 1 is 0.903 bits per heavy atom. The zero-order chi connectivity index (χ0) is 21.8. The van der Waals surface area contributed by atoms with E-state index in [1.807, 2.05) is 36.4 Å². The number of para-hydroxylation sites is 2. The molecule has 3 aromatic carbocycles. The van der Waals surface area contributed by atoms with Crippen LogP contribution >= 0.6 is 0 Å². The summed E-state index contributed by atoms with van der Waals surface area (Å²) in [6.07, 6.45) is 0. The van der Waals surface area contributed by atoms with Gasteiger partial charge in [0.1, 0.15) is 28.9 Å². The molecule has 0 unspecified atom stereocenters. The van der Waals surface area contributed by atoms with Gasteiger partial charge in [-0.05, 0) is 24.3 Å². The minimum Gasteiger partial charge on any atom is -0.497 e. The van der Waals surface area contributed by atoms with Crippen LogP contribution in [0.4, 0.5) is 5.69 Å². The molecule has 0 radical (unpaired) electrons. The molecule has 0 aromatic heterocycles. The average molecular weight is 419 g/mol. The van der Waals surface area contributed by atoms with Crippen molar-refractivity contribution in [1.82, 2.24) is 0 Å². The number of fused-ring (bicyclic) bond motifs is 2.